The molecule has 1 aromatic carbocycles. The first-order valence-electron chi connectivity index (χ1n) is 3.68. The van der Waals surface area contributed by atoms with E-state index in [0.29, 0.717) is 0 Å². The molecular weight excluding hydrogens is 196 g/mol. The minimum absolute atomic E-state index is 0.0106. The number of nitro groups is 1. The summed E-state index contributed by atoms with van der Waals surface area (Å²) in [6.07, 6.45) is 0. The number of ether oxygens (including phenoxy) is 1. The largest absolute Gasteiger partial charge is 0.496 e. The molecule has 0 aliphatic heterocycles. The molecule has 1 aromatic rings. The molecule has 0 fully saturated rings. The van der Waals surface area contributed by atoms with Crippen LogP contribution in [0.5, 0.6) is 5.75 Å². The summed E-state index contributed by atoms with van der Waals surface area (Å²) >= 11 is 0. The molecule has 0 atom stereocenters. The number of halogens is 2. The first-order valence-corrected chi connectivity index (χ1v) is 3.68. The smallest absolute Gasteiger partial charge is 0.232 e. The fourth-order valence-electron chi connectivity index (χ4n) is 1.02. The van der Waals surface area contributed by atoms with E-state index >= 15 is 0 Å². The molecule has 1 rings (SSSR count). The average Bonchev–Trinajstić information content (AvgIpc) is 2.10. The minimum Gasteiger partial charge on any atom is -0.496 e. The van der Waals surface area contributed by atoms with Crippen LogP contribution in [0.4, 0.5) is 8.78 Å². The number of hydrogen-bond donors (Lipinski definition) is 0. The zero-order valence-corrected chi connectivity index (χ0v) is 7.29. The molecule has 0 bridgehead atoms. The zero-order valence-electron chi connectivity index (χ0n) is 7.29. The van der Waals surface area contributed by atoms with Crippen molar-refractivity contribution >= 4 is 0 Å². The van der Waals surface area contributed by atoms with Crippen LogP contribution in [0, 0.1) is 21.7 Å². The molecule has 0 heterocycles. The van der Waals surface area contributed by atoms with Crippen molar-refractivity contribution in [2.75, 3.05) is 7.11 Å². The molecule has 4 nitrogen and oxygen atoms in total. The van der Waals surface area contributed by atoms with Crippen LogP contribution in [-0.2, 0) is 6.54 Å². The van der Waals surface area contributed by atoms with Gasteiger partial charge in [-0.25, -0.2) is 8.78 Å². The molecule has 0 N–H and O–H groups in total. The molecule has 0 aliphatic rings. The molecule has 14 heavy (non-hydrogen) atoms. The van der Waals surface area contributed by atoms with Gasteiger partial charge in [-0.05, 0) is 6.07 Å². The molecule has 0 amide bonds. The van der Waals surface area contributed by atoms with E-state index in [2.05, 4.69) is 4.74 Å². The van der Waals surface area contributed by atoms with E-state index in [1.807, 2.05) is 0 Å². The van der Waals surface area contributed by atoms with Crippen molar-refractivity contribution in [3.63, 3.8) is 0 Å². The van der Waals surface area contributed by atoms with Crippen LogP contribution < -0.4 is 4.74 Å². The van der Waals surface area contributed by atoms with E-state index in [1.165, 1.54) is 7.11 Å². The zero-order chi connectivity index (χ0) is 10.7. The van der Waals surface area contributed by atoms with Crippen molar-refractivity contribution in [3.8, 4) is 5.75 Å². The van der Waals surface area contributed by atoms with Gasteiger partial charge in [0.25, 0.3) is 0 Å². The van der Waals surface area contributed by atoms with E-state index in [-0.39, 0.29) is 11.3 Å². The van der Waals surface area contributed by atoms with E-state index in [4.69, 9.17) is 0 Å². The van der Waals surface area contributed by atoms with Gasteiger partial charge < -0.3 is 4.74 Å². The molecule has 0 saturated carbocycles. The lowest BCUT2D eigenvalue weighted by molar-refractivity contribution is -0.497. The predicted octanol–water partition coefficient (Wildman–Crippen LogP) is 1.75. The molecule has 76 valence electrons. The first-order chi connectivity index (χ1) is 6.54. The highest BCUT2D eigenvalue weighted by Crippen LogP contribution is 2.22. The lowest BCUT2D eigenvalue weighted by Crippen LogP contribution is -2.02. The Morgan fingerprint density at radius 3 is 2.50 bits per heavy atom. The molecule has 0 aromatic heterocycles. The molecule has 0 spiro atoms. The molecule has 0 saturated heterocycles. The Hall–Kier alpha value is -1.72. The van der Waals surface area contributed by atoms with Crippen molar-refractivity contribution < 1.29 is 18.4 Å². The Morgan fingerprint density at radius 2 is 2.00 bits per heavy atom. The Balaban J connectivity index is 3.13. The highest BCUT2D eigenvalue weighted by Gasteiger charge is 2.14. The Bertz CT molecular complexity index is 368. The molecule has 6 heteroatoms. The van der Waals surface area contributed by atoms with Crippen LogP contribution in [0.3, 0.4) is 0 Å². The first kappa shape index (κ1) is 10.4. The van der Waals surface area contributed by atoms with Gasteiger partial charge in [0.15, 0.2) is 11.6 Å². The van der Waals surface area contributed by atoms with Crippen LogP contribution in [0.25, 0.3) is 0 Å². The number of hydrogen-bond acceptors (Lipinski definition) is 3. The predicted molar refractivity (Wildman–Crippen MR) is 43.6 cm³/mol. The van der Waals surface area contributed by atoms with Crippen LogP contribution in [0.15, 0.2) is 12.1 Å². The van der Waals surface area contributed by atoms with E-state index < -0.39 is 23.1 Å². The second-order valence-electron chi connectivity index (χ2n) is 2.57. The van der Waals surface area contributed by atoms with Crippen molar-refractivity contribution in [3.05, 3.63) is 39.4 Å². The maximum atomic E-state index is 12.7. The van der Waals surface area contributed by atoms with E-state index in [0.717, 1.165) is 12.1 Å². The van der Waals surface area contributed by atoms with Gasteiger partial charge in [0.1, 0.15) is 5.75 Å². The second kappa shape index (κ2) is 3.99. The van der Waals surface area contributed by atoms with E-state index in [1.54, 1.807) is 0 Å². The van der Waals surface area contributed by atoms with Gasteiger partial charge in [0.05, 0.1) is 12.7 Å². The van der Waals surface area contributed by atoms with Crippen LogP contribution in [0.1, 0.15) is 5.56 Å². The van der Waals surface area contributed by atoms with E-state index in [9.17, 15) is 18.9 Å². The Morgan fingerprint density at radius 1 is 1.43 bits per heavy atom. The molecule has 0 radical (unpaired) electrons. The normalized spacial score (nSPS) is 9.93. The molecule has 0 aliphatic carbocycles. The SMILES string of the molecule is COc1cc(F)c(F)cc1C[N+](=O)[O-]. The van der Waals surface area contributed by atoms with Gasteiger partial charge in [0.2, 0.25) is 6.54 Å². The third-order valence-corrected chi connectivity index (χ3v) is 1.62. The number of benzene rings is 1. The van der Waals surface area contributed by atoms with Gasteiger partial charge in [-0.1, -0.05) is 0 Å². The summed E-state index contributed by atoms with van der Waals surface area (Å²) in [6.45, 7) is -0.597. The van der Waals surface area contributed by atoms with Crippen LogP contribution in [0.2, 0.25) is 0 Å². The summed E-state index contributed by atoms with van der Waals surface area (Å²) in [5.41, 5.74) is 0.0106. The fourth-order valence-corrected chi connectivity index (χ4v) is 1.02. The fraction of sp³-hybridized carbons (Fsp3) is 0.250. The summed E-state index contributed by atoms with van der Waals surface area (Å²) in [7, 11) is 1.23. The quantitative estimate of drug-likeness (QED) is 0.555. The van der Waals surface area contributed by atoms with Crippen LogP contribution >= 0.6 is 0 Å². The Labute approximate surface area is 78.3 Å². The number of methoxy groups -OCH3 is 1. The highest BCUT2D eigenvalue weighted by atomic mass is 19.2. The van der Waals surface area contributed by atoms with Crippen molar-refractivity contribution in [2.45, 2.75) is 6.54 Å². The van der Waals surface area contributed by atoms with Crippen molar-refractivity contribution in [2.24, 2.45) is 0 Å². The second-order valence-corrected chi connectivity index (χ2v) is 2.57. The average molecular weight is 203 g/mol. The van der Waals surface area contributed by atoms with Gasteiger partial charge >= 0.3 is 0 Å². The van der Waals surface area contributed by atoms with Crippen molar-refractivity contribution in [1.29, 1.82) is 0 Å². The standard InChI is InChI=1S/C8H7F2NO3/c1-14-8-3-7(10)6(9)2-5(8)4-11(12)13/h2-3H,4H2,1H3. The molecule has 0 unspecified atom stereocenters. The van der Waals surface area contributed by atoms with Gasteiger partial charge in [-0.15, -0.1) is 0 Å². The summed E-state index contributed by atoms with van der Waals surface area (Å²) < 4.78 is 30.0. The summed E-state index contributed by atoms with van der Waals surface area (Å²) in [5.74, 6) is -2.24. The highest BCUT2D eigenvalue weighted by molar-refractivity contribution is 5.34. The third kappa shape index (κ3) is 2.15. The lowest BCUT2D eigenvalue weighted by atomic mass is 10.2. The van der Waals surface area contributed by atoms with Crippen molar-refractivity contribution in [1.82, 2.24) is 0 Å². The summed E-state index contributed by atoms with van der Waals surface area (Å²) in [5, 5.41) is 10.2. The monoisotopic (exact) mass is 203 g/mol. The number of rotatable bonds is 3. The third-order valence-electron chi connectivity index (χ3n) is 1.62. The van der Waals surface area contributed by atoms with Gasteiger partial charge in [0, 0.05) is 11.0 Å². The molecular formula is C8H7F2NO3. The lowest BCUT2D eigenvalue weighted by Gasteiger charge is -2.05. The van der Waals surface area contributed by atoms with Gasteiger partial charge in [-0.2, -0.15) is 0 Å². The summed E-state index contributed by atoms with van der Waals surface area (Å²) in [4.78, 5) is 9.52. The number of nitrogens with zero attached hydrogens (tertiary/aromatic N) is 1. The minimum atomic E-state index is -1.12. The Kier molecular flexibility index (Phi) is 2.95. The van der Waals surface area contributed by atoms with Gasteiger partial charge in [-0.3, -0.25) is 10.1 Å². The maximum absolute atomic E-state index is 12.7. The maximum Gasteiger partial charge on any atom is 0.232 e. The topological polar surface area (TPSA) is 52.4 Å². The summed E-state index contributed by atoms with van der Waals surface area (Å²) in [6, 6.07) is 1.55. The van der Waals surface area contributed by atoms with Crippen LogP contribution in [-0.4, -0.2) is 12.0 Å².